The highest BCUT2D eigenvalue weighted by atomic mass is 16.7. The van der Waals surface area contributed by atoms with Crippen LogP contribution < -0.4 is 0 Å². The second-order valence-electron chi connectivity index (χ2n) is 4.05. The molecule has 0 spiro atoms. The minimum Gasteiger partial charge on any atom is -0.339 e. The molecule has 1 saturated heterocycles. The molecule has 0 unspecified atom stereocenters. The quantitative estimate of drug-likeness (QED) is 0.579. The van der Waals surface area contributed by atoms with Crippen LogP contribution in [-0.4, -0.2) is 73.6 Å². The molecule has 1 aliphatic heterocycles. The Balaban J connectivity index is 2.31. The molecule has 1 rings (SSSR count). The van der Waals surface area contributed by atoms with Crippen molar-refractivity contribution in [3.8, 4) is 0 Å². The van der Waals surface area contributed by atoms with Crippen LogP contribution in [0, 0.1) is 0 Å². The van der Waals surface area contributed by atoms with Crippen molar-refractivity contribution in [2.45, 2.75) is 6.92 Å². The third-order valence-electron chi connectivity index (χ3n) is 2.57. The Labute approximate surface area is 95.7 Å². The minimum absolute atomic E-state index is 0.195. The molecule has 0 aromatic heterocycles. The van der Waals surface area contributed by atoms with Gasteiger partial charge in [-0.25, -0.2) is 0 Å². The summed E-state index contributed by atoms with van der Waals surface area (Å²) in [6.07, 6.45) is 0. The first-order chi connectivity index (χ1) is 7.49. The Morgan fingerprint density at radius 3 is 2.31 bits per heavy atom. The number of piperazine rings is 1. The zero-order valence-corrected chi connectivity index (χ0v) is 10.1. The first kappa shape index (κ1) is 12.9. The summed E-state index contributed by atoms with van der Waals surface area (Å²) in [6, 6.07) is 0. The Morgan fingerprint density at radius 1 is 1.25 bits per heavy atom. The van der Waals surface area contributed by atoms with Crippen molar-refractivity contribution >= 4 is 11.9 Å². The third-order valence-corrected chi connectivity index (χ3v) is 2.57. The smallest absolute Gasteiger partial charge is 0.329 e. The predicted molar refractivity (Wildman–Crippen MR) is 58.5 cm³/mol. The van der Waals surface area contributed by atoms with E-state index in [1.165, 1.54) is 14.0 Å². The summed E-state index contributed by atoms with van der Waals surface area (Å²) in [5.41, 5.74) is 0. The van der Waals surface area contributed by atoms with Gasteiger partial charge in [0.2, 0.25) is 0 Å². The average molecular weight is 229 g/mol. The number of carbonyl (C=O) groups is 2. The molecule has 0 atom stereocenters. The second-order valence-corrected chi connectivity index (χ2v) is 4.05. The second kappa shape index (κ2) is 5.81. The molecule has 0 aromatic rings. The van der Waals surface area contributed by atoms with E-state index in [4.69, 9.17) is 0 Å². The minimum atomic E-state index is -0.478. The van der Waals surface area contributed by atoms with Crippen molar-refractivity contribution in [2.75, 3.05) is 46.8 Å². The Morgan fingerprint density at radius 2 is 1.81 bits per heavy atom. The summed E-state index contributed by atoms with van der Waals surface area (Å²) in [5.74, 6) is -0.672. The molecule has 16 heavy (non-hydrogen) atoms. The van der Waals surface area contributed by atoms with Gasteiger partial charge in [0.25, 0.3) is 5.91 Å². The number of likely N-dealkylation sites (N-methyl/N-ethyl adjacent to an activating group) is 2. The fourth-order valence-corrected chi connectivity index (χ4v) is 1.54. The molecule has 0 aliphatic carbocycles. The molecule has 1 fully saturated rings. The molecular weight excluding hydrogens is 210 g/mol. The highest BCUT2D eigenvalue weighted by Crippen LogP contribution is 2.00. The van der Waals surface area contributed by atoms with E-state index < -0.39 is 5.97 Å². The Bertz CT molecular complexity index is 262. The molecule has 1 aliphatic rings. The van der Waals surface area contributed by atoms with Crippen LogP contribution in [-0.2, 0) is 14.4 Å². The number of rotatable bonds is 2. The van der Waals surface area contributed by atoms with Crippen LogP contribution in [0.1, 0.15) is 6.92 Å². The molecule has 1 heterocycles. The van der Waals surface area contributed by atoms with Crippen molar-refractivity contribution < 1.29 is 14.4 Å². The largest absolute Gasteiger partial charge is 0.339 e. The zero-order valence-electron chi connectivity index (χ0n) is 10.1. The number of carbonyl (C=O) groups excluding carboxylic acids is 2. The number of nitrogens with zero attached hydrogens (tertiary/aromatic N) is 3. The van der Waals surface area contributed by atoms with Gasteiger partial charge in [-0.1, -0.05) is 0 Å². The van der Waals surface area contributed by atoms with Crippen LogP contribution in [0.3, 0.4) is 0 Å². The van der Waals surface area contributed by atoms with E-state index in [0.29, 0.717) is 6.54 Å². The summed E-state index contributed by atoms with van der Waals surface area (Å²) in [4.78, 5) is 31.2. The molecule has 0 N–H and O–H groups in total. The molecular formula is C10H19N3O3. The van der Waals surface area contributed by atoms with Gasteiger partial charge >= 0.3 is 5.97 Å². The van der Waals surface area contributed by atoms with Crippen LogP contribution in [0.2, 0.25) is 0 Å². The lowest BCUT2D eigenvalue weighted by Gasteiger charge is -2.32. The van der Waals surface area contributed by atoms with Gasteiger partial charge in [0.1, 0.15) is 0 Å². The number of hydroxylamine groups is 2. The van der Waals surface area contributed by atoms with Gasteiger partial charge < -0.3 is 9.74 Å². The molecule has 0 bridgehead atoms. The topological polar surface area (TPSA) is 53.1 Å². The lowest BCUT2D eigenvalue weighted by atomic mass is 10.3. The number of hydrogen-bond acceptors (Lipinski definition) is 5. The van der Waals surface area contributed by atoms with Crippen LogP contribution >= 0.6 is 0 Å². The van der Waals surface area contributed by atoms with E-state index in [2.05, 4.69) is 21.7 Å². The van der Waals surface area contributed by atoms with E-state index >= 15 is 0 Å². The van der Waals surface area contributed by atoms with Crippen molar-refractivity contribution in [2.24, 2.45) is 0 Å². The Hall–Kier alpha value is -1.14. The normalized spacial score (nSPS) is 18.2. The van der Waals surface area contributed by atoms with E-state index in [0.717, 1.165) is 31.2 Å². The molecule has 6 nitrogen and oxygen atoms in total. The van der Waals surface area contributed by atoms with E-state index in [1.54, 1.807) is 0 Å². The van der Waals surface area contributed by atoms with Gasteiger partial charge in [-0.15, -0.1) is 0 Å². The van der Waals surface area contributed by atoms with Crippen LogP contribution in [0.25, 0.3) is 0 Å². The molecule has 0 radical (unpaired) electrons. The van der Waals surface area contributed by atoms with Gasteiger partial charge in [-0.05, 0) is 7.05 Å². The van der Waals surface area contributed by atoms with Gasteiger partial charge in [-0.2, -0.15) is 5.06 Å². The van der Waals surface area contributed by atoms with Crippen LogP contribution in [0.4, 0.5) is 0 Å². The lowest BCUT2D eigenvalue weighted by molar-refractivity contribution is -0.191. The maximum atomic E-state index is 11.6. The van der Waals surface area contributed by atoms with Gasteiger partial charge in [-0.3, -0.25) is 14.5 Å². The predicted octanol–water partition coefficient (Wildman–Crippen LogP) is -0.830. The summed E-state index contributed by atoms with van der Waals surface area (Å²) >= 11 is 0. The summed E-state index contributed by atoms with van der Waals surface area (Å²) < 4.78 is 0. The van der Waals surface area contributed by atoms with Crippen molar-refractivity contribution in [1.82, 2.24) is 14.9 Å². The van der Waals surface area contributed by atoms with Gasteiger partial charge in [0, 0.05) is 40.2 Å². The maximum absolute atomic E-state index is 11.6. The van der Waals surface area contributed by atoms with E-state index in [-0.39, 0.29) is 5.91 Å². The number of hydrogen-bond donors (Lipinski definition) is 0. The van der Waals surface area contributed by atoms with E-state index in [1.807, 2.05) is 0 Å². The molecule has 1 amide bonds. The first-order valence-electron chi connectivity index (χ1n) is 5.35. The molecule has 6 heteroatoms. The Kier molecular flexibility index (Phi) is 4.70. The number of amides is 1. The summed E-state index contributed by atoms with van der Waals surface area (Å²) in [7, 11) is 3.52. The maximum Gasteiger partial charge on any atom is 0.329 e. The average Bonchev–Trinajstić information content (AvgIpc) is 2.20. The van der Waals surface area contributed by atoms with Gasteiger partial charge in [0.15, 0.2) is 0 Å². The highest BCUT2D eigenvalue weighted by molar-refractivity contribution is 5.78. The fourth-order valence-electron chi connectivity index (χ4n) is 1.54. The standard InChI is InChI=1S/C10H19N3O3/c1-9(14)16-12(3)10(15)8-13-6-4-11(2)5-7-13/h4-8H2,1-3H3. The lowest BCUT2D eigenvalue weighted by Crippen LogP contribution is -2.48. The summed E-state index contributed by atoms with van der Waals surface area (Å²) in [5, 5.41) is 1.00. The SMILES string of the molecule is CC(=O)ON(C)C(=O)CN1CCN(C)CC1. The highest BCUT2D eigenvalue weighted by Gasteiger charge is 2.19. The third kappa shape index (κ3) is 4.16. The zero-order chi connectivity index (χ0) is 12.1. The van der Waals surface area contributed by atoms with Crippen molar-refractivity contribution in [1.29, 1.82) is 0 Å². The van der Waals surface area contributed by atoms with Gasteiger partial charge in [0.05, 0.1) is 6.54 Å². The summed E-state index contributed by atoms with van der Waals surface area (Å²) in [6.45, 7) is 5.25. The first-order valence-corrected chi connectivity index (χ1v) is 5.35. The molecule has 0 aromatic carbocycles. The van der Waals surface area contributed by atoms with E-state index in [9.17, 15) is 9.59 Å². The van der Waals surface area contributed by atoms with Crippen molar-refractivity contribution in [3.63, 3.8) is 0 Å². The molecule has 0 saturated carbocycles. The van der Waals surface area contributed by atoms with Crippen LogP contribution in [0.5, 0.6) is 0 Å². The monoisotopic (exact) mass is 229 g/mol. The fraction of sp³-hybridized carbons (Fsp3) is 0.800. The van der Waals surface area contributed by atoms with Crippen molar-refractivity contribution in [3.05, 3.63) is 0 Å². The molecule has 92 valence electrons. The van der Waals surface area contributed by atoms with Crippen LogP contribution in [0.15, 0.2) is 0 Å².